The van der Waals surface area contributed by atoms with E-state index in [9.17, 15) is 19.3 Å². The fourth-order valence-electron chi connectivity index (χ4n) is 3.15. The Hall–Kier alpha value is -1.00. The van der Waals surface area contributed by atoms with Gasteiger partial charge >= 0.3 is 0 Å². The summed E-state index contributed by atoms with van der Waals surface area (Å²) in [4.78, 5) is 24.8. The SMILES string of the molecule is CC(C)CC(O)(P=O)C(=O)NC1CCCCCCCCCCNC1=O. The number of hydrogen-bond donors (Lipinski definition) is 3. The molecule has 0 spiro atoms. The number of hydrogen-bond acceptors (Lipinski definition) is 4. The lowest BCUT2D eigenvalue weighted by Crippen LogP contribution is -2.53. The summed E-state index contributed by atoms with van der Waals surface area (Å²) in [5.41, 5.74) is 0. The molecule has 25 heavy (non-hydrogen) atoms. The molecule has 1 heterocycles. The van der Waals surface area contributed by atoms with Gasteiger partial charge in [0.15, 0.2) is 0 Å². The third-order valence-corrected chi connectivity index (χ3v) is 5.24. The molecule has 0 aromatic heterocycles. The zero-order valence-corrected chi connectivity index (χ0v) is 16.4. The van der Waals surface area contributed by atoms with Crippen molar-refractivity contribution in [3.8, 4) is 0 Å². The summed E-state index contributed by atoms with van der Waals surface area (Å²) in [5, 5.41) is 13.9. The zero-order chi connectivity index (χ0) is 18.7. The predicted molar refractivity (Wildman–Crippen MR) is 98.5 cm³/mol. The number of nitrogens with one attached hydrogen (secondary N) is 2. The van der Waals surface area contributed by atoms with Crippen LogP contribution in [0.25, 0.3) is 0 Å². The summed E-state index contributed by atoms with van der Waals surface area (Å²) in [6.45, 7) is 4.28. The molecule has 7 heteroatoms. The van der Waals surface area contributed by atoms with Crippen molar-refractivity contribution in [3.05, 3.63) is 0 Å². The van der Waals surface area contributed by atoms with Crippen LogP contribution in [0.1, 0.15) is 78.1 Å². The van der Waals surface area contributed by atoms with Crippen LogP contribution < -0.4 is 10.6 Å². The molecule has 2 unspecified atom stereocenters. The van der Waals surface area contributed by atoms with Crippen LogP contribution in [0.2, 0.25) is 0 Å². The van der Waals surface area contributed by atoms with E-state index in [1.54, 1.807) is 0 Å². The molecule has 3 N–H and O–H groups in total. The lowest BCUT2D eigenvalue weighted by Gasteiger charge is -2.25. The van der Waals surface area contributed by atoms with Crippen LogP contribution in [0.4, 0.5) is 0 Å². The molecule has 6 nitrogen and oxygen atoms in total. The minimum Gasteiger partial charge on any atom is -0.370 e. The Bertz CT molecular complexity index is 445. The maximum absolute atomic E-state index is 12.4. The molecule has 1 aliphatic rings. The highest BCUT2D eigenvalue weighted by Crippen LogP contribution is 2.28. The van der Waals surface area contributed by atoms with Gasteiger partial charge in [-0.2, -0.15) is 0 Å². The highest BCUT2D eigenvalue weighted by atomic mass is 31.1. The van der Waals surface area contributed by atoms with Gasteiger partial charge in [-0.15, -0.1) is 0 Å². The van der Waals surface area contributed by atoms with Crippen LogP contribution in [0.5, 0.6) is 0 Å². The molecule has 0 radical (unpaired) electrons. The second-order valence-corrected chi connectivity index (χ2v) is 8.36. The third kappa shape index (κ3) is 8.28. The Balaban J connectivity index is 2.72. The van der Waals surface area contributed by atoms with Gasteiger partial charge in [0.1, 0.15) is 6.04 Å². The molecule has 2 atom stereocenters. The van der Waals surface area contributed by atoms with E-state index in [0.717, 1.165) is 32.1 Å². The molecule has 2 amide bonds. The van der Waals surface area contributed by atoms with Crippen LogP contribution >= 0.6 is 8.46 Å². The van der Waals surface area contributed by atoms with Gasteiger partial charge in [-0.3, -0.25) is 14.2 Å². The van der Waals surface area contributed by atoms with E-state index in [0.29, 0.717) is 13.0 Å². The average molecular weight is 372 g/mol. The lowest BCUT2D eigenvalue weighted by molar-refractivity contribution is -0.137. The Morgan fingerprint density at radius 2 is 1.76 bits per heavy atom. The molecular weight excluding hydrogens is 339 g/mol. The third-order valence-electron chi connectivity index (χ3n) is 4.55. The Morgan fingerprint density at radius 1 is 1.20 bits per heavy atom. The van der Waals surface area contributed by atoms with Crippen molar-refractivity contribution in [1.29, 1.82) is 0 Å². The predicted octanol–water partition coefficient (Wildman–Crippen LogP) is 3.14. The molecule has 0 aromatic rings. The molecule has 1 saturated heterocycles. The zero-order valence-electron chi connectivity index (χ0n) is 15.6. The number of carbonyl (C=O) groups excluding carboxylic acids is 2. The molecular formula is C18H33N2O4P. The molecule has 0 aliphatic carbocycles. The Morgan fingerprint density at radius 3 is 2.32 bits per heavy atom. The normalized spacial score (nSPS) is 23.7. The van der Waals surface area contributed by atoms with Gasteiger partial charge in [0.2, 0.25) is 19.7 Å². The van der Waals surface area contributed by atoms with Crippen LogP contribution in [-0.2, 0) is 14.2 Å². The first kappa shape index (κ1) is 22.0. The van der Waals surface area contributed by atoms with Crippen LogP contribution in [-0.4, -0.2) is 34.8 Å². The fourth-order valence-corrected chi connectivity index (χ4v) is 3.74. The first-order valence-electron chi connectivity index (χ1n) is 9.54. The smallest absolute Gasteiger partial charge is 0.264 e. The van der Waals surface area contributed by atoms with Crippen molar-refractivity contribution in [1.82, 2.24) is 10.6 Å². The molecule has 144 valence electrons. The van der Waals surface area contributed by atoms with E-state index in [1.165, 1.54) is 19.3 Å². The van der Waals surface area contributed by atoms with Gasteiger partial charge in [0, 0.05) is 6.54 Å². The summed E-state index contributed by atoms with van der Waals surface area (Å²) in [6, 6.07) is -0.686. The van der Waals surface area contributed by atoms with Crippen LogP contribution in [0.3, 0.4) is 0 Å². The maximum Gasteiger partial charge on any atom is 0.264 e. The van der Waals surface area contributed by atoms with E-state index < -0.39 is 25.8 Å². The van der Waals surface area contributed by atoms with E-state index in [-0.39, 0.29) is 18.2 Å². The molecule has 0 aromatic carbocycles. The molecule has 0 saturated carbocycles. The van der Waals surface area contributed by atoms with Gasteiger partial charge in [-0.05, 0) is 25.2 Å². The number of rotatable bonds is 5. The van der Waals surface area contributed by atoms with E-state index >= 15 is 0 Å². The maximum atomic E-state index is 12.4. The molecule has 1 fully saturated rings. The highest BCUT2D eigenvalue weighted by Gasteiger charge is 2.39. The van der Waals surface area contributed by atoms with Crippen molar-refractivity contribution >= 4 is 20.3 Å². The minimum atomic E-state index is -1.98. The molecule has 0 bridgehead atoms. The van der Waals surface area contributed by atoms with E-state index in [4.69, 9.17) is 0 Å². The van der Waals surface area contributed by atoms with Crippen LogP contribution in [0.15, 0.2) is 0 Å². The van der Waals surface area contributed by atoms with Crippen molar-refractivity contribution in [2.45, 2.75) is 89.4 Å². The highest BCUT2D eigenvalue weighted by molar-refractivity contribution is 7.27. The van der Waals surface area contributed by atoms with Crippen molar-refractivity contribution in [2.75, 3.05) is 6.54 Å². The van der Waals surface area contributed by atoms with Gasteiger partial charge in [0.05, 0.1) is 0 Å². The van der Waals surface area contributed by atoms with Gasteiger partial charge in [0.25, 0.3) is 5.91 Å². The van der Waals surface area contributed by atoms with Gasteiger partial charge < -0.3 is 15.7 Å². The summed E-state index contributed by atoms with van der Waals surface area (Å²) in [5.74, 6) is -0.949. The lowest BCUT2D eigenvalue weighted by atomic mass is 10.0. The number of carbonyl (C=O) groups is 2. The largest absolute Gasteiger partial charge is 0.370 e. The topological polar surface area (TPSA) is 95.5 Å². The second kappa shape index (κ2) is 11.6. The Kier molecular flexibility index (Phi) is 10.2. The quantitative estimate of drug-likeness (QED) is 0.646. The van der Waals surface area contributed by atoms with Crippen molar-refractivity contribution < 1.29 is 19.3 Å². The number of amides is 2. The van der Waals surface area contributed by atoms with Crippen molar-refractivity contribution in [3.63, 3.8) is 0 Å². The fraction of sp³-hybridized carbons (Fsp3) is 0.889. The van der Waals surface area contributed by atoms with E-state index in [2.05, 4.69) is 10.6 Å². The standard InChI is InChI=1S/C18H33N2O4P/c1-14(2)13-18(23,25-24)17(22)20-15-11-9-7-5-3-4-6-8-10-12-19-16(15)21/h14-15,23H,3-13H2,1-2H3,(H,19,21)(H,20,22). The van der Waals surface area contributed by atoms with Crippen molar-refractivity contribution in [2.24, 2.45) is 5.92 Å². The second-order valence-electron chi connectivity index (χ2n) is 7.44. The Labute approximate surface area is 152 Å². The summed E-state index contributed by atoms with van der Waals surface area (Å²) in [7, 11) is -0.636. The van der Waals surface area contributed by atoms with E-state index in [1.807, 2.05) is 13.8 Å². The summed E-state index contributed by atoms with van der Waals surface area (Å²) < 4.78 is 11.4. The summed E-state index contributed by atoms with van der Waals surface area (Å²) >= 11 is 0. The monoisotopic (exact) mass is 372 g/mol. The molecule has 1 rings (SSSR count). The van der Waals surface area contributed by atoms with Gasteiger partial charge in [-0.25, -0.2) is 0 Å². The average Bonchev–Trinajstić information content (AvgIpc) is 2.58. The number of aliphatic hydroxyl groups is 1. The first-order chi connectivity index (χ1) is 11.9. The summed E-state index contributed by atoms with van der Waals surface area (Å²) in [6.07, 6.45) is 9.29. The minimum absolute atomic E-state index is 0.00563. The van der Waals surface area contributed by atoms with Gasteiger partial charge in [-0.1, -0.05) is 58.8 Å². The first-order valence-corrected chi connectivity index (χ1v) is 10.4. The van der Waals surface area contributed by atoms with Crippen LogP contribution in [0, 0.1) is 5.92 Å². The molecule has 1 aliphatic heterocycles.